The van der Waals surface area contributed by atoms with Crippen LogP contribution < -0.4 is 10.1 Å². The van der Waals surface area contributed by atoms with Crippen LogP contribution in [0.2, 0.25) is 0 Å². The van der Waals surface area contributed by atoms with Gasteiger partial charge in [-0.1, -0.05) is 61.5 Å². The van der Waals surface area contributed by atoms with E-state index in [1.54, 1.807) is 20.0 Å². The fourth-order valence-corrected chi connectivity index (χ4v) is 4.51. The molecule has 2 heterocycles. The molecule has 0 unspecified atom stereocenters. The second-order valence-corrected chi connectivity index (χ2v) is 8.67. The zero-order valence-corrected chi connectivity index (χ0v) is 21.1. The van der Waals surface area contributed by atoms with Gasteiger partial charge in [-0.3, -0.25) is 9.59 Å². The van der Waals surface area contributed by atoms with Crippen LogP contribution in [0.5, 0.6) is 5.88 Å². The van der Waals surface area contributed by atoms with Crippen LogP contribution in [0, 0.1) is 6.92 Å². The molecule has 0 radical (unpaired) electrons. The number of fused-ring (bicyclic) bond motifs is 1. The van der Waals surface area contributed by atoms with Crippen molar-refractivity contribution < 1.29 is 24.2 Å². The van der Waals surface area contributed by atoms with Crippen molar-refractivity contribution in [1.82, 2.24) is 14.7 Å². The first-order valence-electron chi connectivity index (χ1n) is 12.2. The van der Waals surface area contributed by atoms with Crippen molar-refractivity contribution in [3.8, 4) is 17.0 Å². The number of carbonyl (C=O) groups excluding carboxylic acids is 2. The van der Waals surface area contributed by atoms with Crippen LogP contribution in [0.25, 0.3) is 16.6 Å². The fraction of sp³-hybridized carbons (Fsp3) is 0.241. The van der Waals surface area contributed by atoms with Crippen molar-refractivity contribution in [2.75, 3.05) is 13.2 Å². The second kappa shape index (κ2) is 11.1. The zero-order valence-electron chi connectivity index (χ0n) is 21.1. The monoisotopic (exact) mass is 499 g/mol. The van der Waals surface area contributed by atoms with Gasteiger partial charge in [0.1, 0.15) is 5.52 Å². The molecule has 0 saturated heterocycles. The van der Waals surface area contributed by atoms with E-state index in [0.29, 0.717) is 36.2 Å². The molecule has 0 saturated carbocycles. The van der Waals surface area contributed by atoms with E-state index in [4.69, 9.17) is 9.84 Å². The number of hydrogen-bond donors (Lipinski definition) is 2. The predicted octanol–water partition coefficient (Wildman–Crippen LogP) is 4.25. The molecule has 37 heavy (non-hydrogen) atoms. The lowest BCUT2D eigenvalue weighted by Crippen LogP contribution is -2.31. The number of amides is 1. The molecule has 0 aliphatic rings. The number of hydrogen-bond acceptors (Lipinski definition) is 5. The van der Waals surface area contributed by atoms with Gasteiger partial charge in [0.25, 0.3) is 11.7 Å². The molecule has 0 spiro atoms. The Balaban J connectivity index is 1.86. The second-order valence-electron chi connectivity index (χ2n) is 8.67. The smallest absolute Gasteiger partial charge is 0.341 e. The number of likely N-dealkylation sites (N-methyl/N-ethyl adjacent to an activating group) is 1. The van der Waals surface area contributed by atoms with Crippen molar-refractivity contribution in [1.29, 1.82) is 0 Å². The molecule has 2 aromatic carbocycles. The lowest BCUT2D eigenvalue weighted by atomic mass is 9.98. The third kappa shape index (κ3) is 5.38. The number of nitrogens with one attached hydrogen (secondary N) is 1. The van der Waals surface area contributed by atoms with E-state index in [1.165, 1.54) is 0 Å². The highest BCUT2D eigenvalue weighted by Crippen LogP contribution is 2.33. The van der Waals surface area contributed by atoms with Gasteiger partial charge in [0.2, 0.25) is 5.88 Å². The number of nitrogens with zero attached hydrogens (tertiary/aromatic N) is 2. The number of benzene rings is 2. The average molecular weight is 500 g/mol. The Bertz CT molecular complexity index is 1460. The number of ketones is 1. The van der Waals surface area contributed by atoms with Crippen LogP contribution in [0.3, 0.4) is 0 Å². The van der Waals surface area contributed by atoms with E-state index < -0.39 is 24.3 Å². The lowest BCUT2D eigenvalue weighted by Gasteiger charge is -2.10. The molecule has 4 aromatic rings. The van der Waals surface area contributed by atoms with Gasteiger partial charge >= 0.3 is 5.97 Å². The molecule has 1 amide bonds. The summed E-state index contributed by atoms with van der Waals surface area (Å²) in [6.07, 6.45) is 2.76. The lowest BCUT2D eigenvalue weighted by molar-refractivity contribution is -0.139. The number of ether oxygens (including phenoxy) is 1. The number of carboxylic acids is 1. The SMILES string of the molecule is CCNC(=O)C(=O)c1c(CC)c(Cc2ccc(-c3ccccc3)cc2)n2cc(C)nc(OCC(=O)O)c12. The Morgan fingerprint density at radius 2 is 1.68 bits per heavy atom. The molecule has 4 rings (SSSR count). The summed E-state index contributed by atoms with van der Waals surface area (Å²) in [5, 5.41) is 11.7. The van der Waals surface area contributed by atoms with Gasteiger partial charge in [0.15, 0.2) is 6.61 Å². The molecule has 0 atom stereocenters. The van der Waals surface area contributed by atoms with Crippen LogP contribution in [0.15, 0.2) is 60.8 Å². The molecule has 190 valence electrons. The van der Waals surface area contributed by atoms with Gasteiger partial charge in [-0.2, -0.15) is 0 Å². The Kier molecular flexibility index (Phi) is 7.67. The Hall–Kier alpha value is -4.46. The van der Waals surface area contributed by atoms with Gasteiger partial charge in [-0.15, -0.1) is 0 Å². The van der Waals surface area contributed by atoms with E-state index in [0.717, 1.165) is 22.4 Å². The normalized spacial score (nSPS) is 10.9. The minimum absolute atomic E-state index is 0.00965. The average Bonchev–Trinajstić information content (AvgIpc) is 3.20. The van der Waals surface area contributed by atoms with E-state index in [9.17, 15) is 14.4 Å². The van der Waals surface area contributed by atoms with Gasteiger partial charge in [0.05, 0.1) is 11.3 Å². The maximum Gasteiger partial charge on any atom is 0.341 e. The molecule has 8 nitrogen and oxygen atoms in total. The highest BCUT2D eigenvalue weighted by molar-refractivity contribution is 6.45. The molecule has 0 aliphatic carbocycles. The topological polar surface area (TPSA) is 110 Å². The van der Waals surface area contributed by atoms with Gasteiger partial charge in [-0.05, 0) is 42.5 Å². The van der Waals surface area contributed by atoms with Crippen molar-refractivity contribution in [3.63, 3.8) is 0 Å². The first kappa shape index (κ1) is 25.6. The van der Waals surface area contributed by atoms with E-state index in [-0.39, 0.29) is 11.4 Å². The molecule has 2 aromatic heterocycles. The third-order valence-electron chi connectivity index (χ3n) is 6.10. The summed E-state index contributed by atoms with van der Waals surface area (Å²) >= 11 is 0. The molecule has 0 bridgehead atoms. The van der Waals surface area contributed by atoms with Crippen LogP contribution >= 0.6 is 0 Å². The number of carbonyl (C=O) groups is 3. The summed E-state index contributed by atoms with van der Waals surface area (Å²) in [7, 11) is 0. The first-order valence-corrected chi connectivity index (χ1v) is 12.2. The van der Waals surface area contributed by atoms with Crippen LogP contribution in [0.1, 0.15) is 46.7 Å². The largest absolute Gasteiger partial charge is 0.479 e. The van der Waals surface area contributed by atoms with Crippen molar-refractivity contribution in [2.45, 2.75) is 33.6 Å². The van der Waals surface area contributed by atoms with E-state index in [2.05, 4.69) is 34.6 Å². The molecular formula is C29H29N3O5. The third-order valence-corrected chi connectivity index (χ3v) is 6.10. The maximum absolute atomic E-state index is 13.3. The Morgan fingerprint density at radius 1 is 1.00 bits per heavy atom. The van der Waals surface area contributed by atoms with E-state index in [1.807, 2.05) is 41.7 Å². The van der Waals surface area contributed by atoms with Crippen LogP contribution in [-0.4, -0.2) is 45.3 Å². The van der Waals surface area contributed by atoms with Crippen LogP contribution in [0.4, 0.5) is 0 Å². The Morgan fingerprint density at radius 3 is 2.30 bits per heavy atom. The number of Topliss-reactive ketones (excluding diaryl/α,β-unsaturated/α-hetero) is 1. The van der Waals surface area contributed by atoms with Gasteiger partial charge in [0, 0.05) is 24.9 Å². The standard InChI is InChI=1S/C29H29N3O5/c1-4-22-23(15-19-11-13-21(14-12-19)20-9-7-6-8-10-20)32-16-18(3)31-29(37-17-24(33)34)26(32)25(22)27(35)28(36)30-5-2/h6-14,16H,4-5,15,17H2,1-3H3,(H,30,36)(H,33,34). The predicted molar refractivity (Wildman–Crippen MR) is 140 cm³/mol. The number of rotatable bonds is 10. The summed E-state index contributed by atoms with van der Waals surface area (Å²) in [6, 6.07) is 18.3. The molecular weight excluding hydrogens is 470 g/mol. The summed E-state index contributed by atoms with van der Waals surface area (Å²) in [5.41, 5.74) is 5.84. The van der Waals surface area contributed by atoms with Gasteiger partial charge < -0.3 is 19.6 Å². The molecule has 0 fully saturated rings. The highest BCUT2D eigenvalue weighted by Gasteiger charge is 2.30. The molecule has 2 N–H and O–H groups in total. The summed E-state index contributed by atoms with van der Waals surface area (Å²) in [5.74, 6) is -2.59. The summed E-state index contributed by atoms with van der Waals surface area (Å²) in [4.78, 5) is 41.5. The number of carboxylic acid groups (broad SMARTS) is 1. The molecule has 0 aliphatic heterocycles. The molecule has 8 heteroatoms. The van der Waals surface area contributed by atoms with Crippen molar-refractivity contribution >= 4 is 23.2 Å². The Labute approximate surface area is 214 Å². The summed E-state index contributed by atoms with van der Waals surface area (Å²) in [6.45, 7) is 5.11. The quantitative estimate of drug-likeness (QED) is 0.249. The van der Waals surface area contributed by atoms with Crippen molar-refractivity contribution in [2.24, 2.45) is 0 Å². The minimum Gasteiger partial charge on any atom is -0.479 e. The highest BCUT2D eigenvalue weighted by atomic mass is 16.5. The fourth-order valence-electron chi connectivity index (χ4n) is 4.51. The number of aliphatic carboxylic acids is 1. The number of aryl methyl sites for hydroxylation is 1. The summed E-state index contributed by atoms with van der Waals surface area (Å²) < 4.78 is 7.32. The van der Waals surface area contributed by atoms with Crippen molar-refractivity contribution in [3.05, 3.63) is 88.9 Å². The first-order chi connectivity index (χ1) is 17.8. The van der Waals surface area contributed by atoms with Crippen LogP contribution in [-0.2, 0) is 22.4 Å². The maximum atomic E-state index is 13.3. The zero-order chi connectivity index (χ0) is 26.5. The minimum atomic E-state index is -1.17. The number of aromatic nitrogens is 2. The van der Waals surface area contributed by atoms with E-state index >= 15 is 0 Å². The van der Waals surface area contributed by atoms with Gasteiger partial charge in [-0.25, -0.2) is 9.78 Å².